The lowest BCUT2D eigenvalue weighted by atomic mass is 10.6. The Morgan fingerprint density at radius 1 is 1.38 bits per heavy atom. The van der Waals surface area contributed by atoms with Crippen LogP contribution in [0, 0.1) is 0 Å². The fourth-order valence-corrected chi connectivity index (χ4v) is 0.868. The molecule has 13 heavy (non-hydrogen) atoms. The van der Waals surface area contributed by atoms with Gasteiger partial charge in [0.15, 0.2) is 5.49 Å². The van der Waals surface area contributed by atoms with Crippen LogP contribution in [0.5, 0.6) is 0 Å². The molecule has 0 aromatic carbocycles. The number of urea groups is 1. The van der Waals surface area contributed by atoms with Crippen LogP contribution in [0.3, 0.4) is 0 Å². The first-order valence-electron chi connectivity index (χ1n) is 3.34. The molecule has 0 spiro atoms. The molecule has 2 rings (SSSR count). The van der Waals surface area contributed by atoms with Crippen molar-refractivity contribution in [2.24, 2.45) is 9.98 Å². The molecule has 1 aromatic rings. The van der Waals surface area contributed by atoms with Gasteiger partial charge in [-0.1, -0.05) is 0 Å². The number of hydrogen-bond donors (Lipinski definition) is 1. The van der Waals surface area contributed by atoms with Crippen molar-refractivity contribution in [1.29, 1.82) is 0 Å². The van der Waals surface area contributed by atoms with Crippen LogP contribution in [-0.4, -0.2) is 22.4 Å². The van der Waals surface area contributed by atoms with Crippen molar-refractivity contribution in [2.45, 2.75) is 0 Å². The highest BCUT2D eigenvalue weighted by molar-refractivity contribution is 5.77. The lowest BCUT2D eigenvalue weighted by Gasteiger charge is -1.91. The summed E-state index contributed by atoms with van der Waals surface area (Å²) in [6, 6.07) is -0.604. The highest BCUT2D eigenvalue weighted by Crippen LogP contribution is 1.88. The molecule has 2 heterocycles. The Labute approximate surface area is 71.3 Å². The minimum Gasteiger partial charge on any atom is -0.297 e. The topological polar surface area (TPSA) is 96.7 Å². The van der Waals surface area contributed by atoms with E-state index >= 15 is 0 Å². The van der Waals surface area contributed by atoms with Gasteiger partial charge in [-0.3, -0.25) is 10.1 Å². The van der Waals surface area contributed by atoms with Gasteiger partial charge in [-0.05, 0) is 0 Å². The molecular weight excluding hydrogens is 174 g/mol. The van der Waals surface area contributed by atoms with Crippen LogP contribution in [0.15, 0.2) is 16.2 Å². The van der Waals surface area contributed by atoms with Crippen molar-refractivity contribution in [2.75, 3.05) is 5.32 Å². The molecule has 7 nitrogen and oxygen atoms in total. The summed E-state index contributed by atoms with van der Waals surface area (Å²) in [5.74, 6) is 0.0994. The van der Waals surface area contributed by atoms with E-state index in [4.69, 9.17) is 0 Å². The first-order chi connectivity index (χ1) is 6.29. The Morgan fingerprint density at radius 3 is 3.00 bits per heavy atom. The third kappa shape index (κ3) is 1.26. The highest BCUT2D eigenvalue weighted by atomic mass is 16.2. The van der Waals surface area contributed by atoms with Crippen LogP contribution < -0.4 is 16.2 Å². The lowest BCUT2D eigenvalue weighted by Crippen LogP contribution is -2.27. The molecule has 0 radical (unpaired) electrons. The van der Waals surface area contributed by atoms with Gasteiger partial charge in [0.2, 0.25) is 12.4 Å². The fourth-order valence-electron chi connectivity index (χ4n) is 0.868. The second-order valence-electron chi connectivity index (χ2n) is 2.17. The number of rotatable bonds is 2. The Balaban J connectivity index is 2.59. The van der Waals surface area contributed by atoms with Gasteiger partial charge in [0.25, 0.3) is 0 Å². The van der Waals surface area contributed by atoms with Crippen LogP contribution in [0.4, 0.5) is 10.7 Å². The molecule has 1 aliphatic heterocycles. The van der Waals surface area contributed by atoms with E-state index in [2.05, 4.69) is 25.3 Å². The summed E-state index contributed by atoms with van der Waals surface area (Å²) in [4.78, 5) is 35.2. The van der Waals surface area contributed by atoms with Gasteiger partial charge < -0.3 is 0 Å². The predicted molar refractivity (Wildman–Crippen MR) is 39.4 cm³/mol. The zero-order valence-electron chi connectivity index (χ0n) is 6.26. The van der Waals surface area contributed by atoms with Gasteiger partial charge in [0, 0.05) is 0 Å². The van der Waals surface area contributed by atoms with Crippen LogP contribution in [0.2, 0.25) is 0 Å². The molecule has 1 aliphatic rings. The summed E-state index contributed by atoms with van der Waals surface area (Å²) in [5, 5.41) is 2.56. The lowest BCUT2D eigenvalue weighted by molar-refractivity contribution is -0.105. The Kier molecular flexibility index (Phi) is 1.55. The minimum absolute atomic E-state index is 0.0994. The molecule has 3 amide bonds. The second-order valence-corrected chi connectivity index (χ2v) is 2.17. The summed E-state index contributed by atoms with van der Waals surface area (Å²) >= 11 is 0. The van der Waals surface area contributed by atoms with Crippen molar-refractivity contribution in [3.63, 3.8) is 0 Å². The third-order valence-corrected chi connectivity index (χ3v) is 1.36. The molecule has 0 atom stereocenters. The maximum absolute atomic E-state index is 10.7. The maximum Gasteiger partial charge on any atom is 0.369 e. The zero-order chi connectivity index (χ0) is 9.26. The van der Waals surface area contributed by atoms with Crippen molar-refractivity contribution in [3.05, 3.63) is 17.0 Å². The Morgan fingerprint density at radius 2 is 2.23 bits per heavy atom. The van der Waals surface area contributed by atoms with E-state index in [-0.39, 0.29) is 11.4 Å². The molecule has 0 fully saturated rings. The number of aromatic nitrogens is 2. The Bertz CT molecular complexity index is 494. The van der Waals surface area contributed by atoms with Crippen LogP contribution in [0.25, 0.3) is 0 Å². The second kappa shape index (κ2) is 2.70. The summed E-state index contributed by atoms with van der Waals surface area (Å²) in [5.41, 5.74) is 0.185. The zero-order valence-corrected chi connectivity index (χ0v) is 6.26. The van der Waals surface area contributed by atoms with Crippen molar-refractivity contribution < 1.29 is 9.59 Å². The molecule has 1 N–H and O–H groups in total. The minimum atomic E-state index is -0.604. The highest BCUT2D eigenvalue weighted by Gasteiger charge is 2.06. The Hall–Kier alpha value is -2.18. The number of carbonyl (C=O) groups excluding carboxylic acids is 2. The summed E-state index contributed by atoms with van der Waals surface area (Å²) in [6.07, 6.45) is 1.76. The molecule has 0 saturated heterocycles. The molecule has 0 unspecified atom stereocenters. The number of fused-ring (bicyclic) bond motifs is 1. The average molecular weight is 177 g/mol. The summed E-state index contributed by atoms with van der Waals surface area (Å²) in [6.45, 7) is 0. The van der Waals surface area contributed by atoms with E-state index in [1.807, 2.05) is 0 Å². The monoisotopic (exact) mass is 177 g/mol. The van der Waals surface area contributed by atoms with Crippen LogP contribution in [-0.2, 0) is 4.79 Å². The van der Waals surface area contributed by atoms with Gasteiger partial charge >= 0.3 is 6.03 Å². The third-order valence-electron chi connectivity index (χ3n) is 1.36. The average Bonchev–Trinajstić information content (AvgIpc) is 2.44. The van der Waals surface area contributed by atoms with Gasteiger partial charge in [0.1, 0.15) is 5.36 Å². The number of amides is 3. The van der Waals surface area contributed by atoms with Gasteiger partial charge in [-0.25, -0.2) is 9.78 Å². The normalized spacial score (nSPS) is 12.8. The quantitative estimate of drug-likeness (QED) is 0.551. The number of hydrogen-bond acceptors (Lipinski definition) is 4. The molecule has 0 bridgehead atoms. The number of nitrogens with one attached hydrogen (secondary N) is 1. The molecular formula is C6H3N5O2. The number of carbonyl (C=O) groups is 2. The van der Waals surface area contributed by atoms with E-state index in [0.717, 1.165) is 0 Å². The van der Waals surface area contributed by atoms with E-state index in [0.29, 0.717) is 11.8 Å². The van der Waals surface area contributed by atoms with Crippen molar-refractivity contribution in [3.8, 4) is 0 Å². The maximum atomic E-state index is 10.7. The van der Waals surface area contributed by atoms with Crippen LogP contribution >= 0.6 is 0 Å². The van der Waals surface area contributed by atoms with E-state index < -0.39 is 6.03 Å². The van der Waals surface area contributed by atoms with E-state index in [1.54, 1.807) is 0 Å². The number of nitrogens with zero attached hydrogens (tertiary/aromatic N) is 4. The van der Waals surface area contributed by atoms with E-state index in [9.17, 15) is 9.59 Å². The summed E-state index contributed by atoms with van der Waals surface area (Å²) < 4.78 is 0. The van der Waals surface area contributed by atoms with Crippen molar-refractivity contribution in [1.82, 2.24) is 9.97 Å². The first kappa shape index (κ1) is 7.47. The predicted octanol–water partition coefficient (Wildman–Crippen LogP) is -1.58. The first-order valence-corrected chi connectivity index (χ1v) is 3.34. The largest absolute Gasteiger partial charge is 0.369 e. The smallest absolute Gasteiger partial charge is 0.297 e. The van der Waals surface area contributed by atoms with Crippen molar-refractivity contribution >= 4 is 18.4 Å². The standard InChI is InChI=1S/C6H3N5O2/c12-2-8-5-7-1-3-4(10-5)11-6(13)9-3/h1-2H,(H,8,10,11,12,13). The van der Waals surface area contributed by atoms with Gasteiger partial charge in [-0.2, -0.15) is 15.0 Å². The van der Waals surface area contributed by atoms with Crippen LogP contribution in [0.1, 0.15) is 0 Å². The number of anilines is 1. The SMILES string of the molecule is O=CNc1ncc2c(n1)=NC(=O)N=2. The van der Waals surface area contributed by atoms with E-state index in [1.165, 1.54) is 6.20 Å². The molecule has 7 heteroatoms. The molecule has 64 valence electrons. The fraction of sp³-hybridized carbons (Fsp3) is 0. The summed E-state index contributed by atoms with van der Waals surface area (Å²) in [7, 11) is 0. The molecule has 0 saturated carbocycles. The van der Waals surface area contributed by atoms with Gasteiger partial charge in [-0.15, -0.1) is 0 Å². The molecule has 0 aliphatic carbocycles. The van der Waals surface area contributed by atoms with Gasteiger partial charge in [0.05, 0.1) is 6.20 Å². The molecule has 1 aromatic heterocycles.